The van der Waals surface area contributed by atoms with Gasteiger partial charge in [-0.25, -0.2) is 0 Å². The van der Waals surface area contributed by atoms with Crippen LogP contribution in [0.15, 0.2) is 41.3 Å². The van der Waals surface area contributed by atoms with Gasteiger partial charge in [0.05, 0.1) is 18.9 Å². The second kappa shape index (κ2) is 9.41. The minimum atomic E-state index is -0.00956. The van der Waals surface area contributed by atoms with Crippen molar-refractivity contribution in [1.82, 2.24) is 0 Å². The molecule has 0 saturated carbocycles. The van der Waals surface area contributed by atoms with Crippen molar-refractivity contribution >= 4 is 17.6 Å². The normalized spacial score (nSPS) is 19.4. The van der Waals surface area contributed by atoms with Crippen LogP contribution in [0.4, 0.5) is 5.69 Å². The Kier molecular flexibility index (Phi) is 6.68. The Morgan fingerprint density at radius 1 is 1.17 bits per heavy atom. The molecule has 0 bridgehead atoms. The number of nitrogens with zero attached hydrogens (tertiary/aromatic N) is 1. The molecule has 0 radical (unpaired) electrons. The van der Waals surface area contributed by atoms with Gasteiger partial charge in [-0.05, 0) is 72.5 Å². The van der Waals surface area contributed by atoms with Gasteiger partial charge in [-0.1, -0.05) is 26.0 Å². The van der Waals surface area contributed by atoms with Crippen molar-refractivity contribution in [2.75, 3.05) is 30.7 Å². The summed E-state index contributed by atoms with van der Waals surface area (Å²) in [5.41, 5.74) is 5.01. The van der Waals surface area contributed by atoms with E-state index in [1.807, 2.05) is 6.07 Å². The Morgan fingerprint density at radius 3 is 2.76 bits per heavy atom. The summed E-state index contributed by atoms with van der Waals surface area (Å²) in [4.78, 5) is 1.13. The number of hydrogen-bond donors (Lipinski definition) is 1. The van der Waals surface area contributed by atoms with Gasteiger partial charge in [-0.15, -0.1) is 0 Å². The molecule has 1 N–H and O–H groups in total. The molecule has 4 nitrogen and oxygen atoms in total. The van der Waals surface area contributed by atoms with Gasteiger partial charge in [0, 0.05) is 36.1 Å². The van der Waals surface area contributed by atoms with Gasteiger partial charge in [-0.3, -0.25) is 0 Å². The van der Waals surface area contributed by atoms with E-state index in [4.69, 9.17) is 9.47 Å². The maximum Gasteiger partial charge on any atom is 0.124 e. The lowest BCUT2D eigenvalue weighted by Crippen LogP contribution is -2.21. The standard InChI is InChI=1S/C24H31NO3S/c1-3-18-4-6-23-22(12-18)17(2)14-25(23)29-21-5-7-24(20(13-21)15-26)28-16-19-8-10-27-11-9-19/h4-7,12-13,17,19,26H,3,8-11,14-16H2,1-2H3. The van der Waals surface area contributed by atoms with Gasteiger partial charge in [0.1, 0.15) is 5.75 Å². The molecular weight excluding hydrogens is 382 g/mol. The molecule has 2 aliphatic rings. The second-order valence-electron chi connectivity index (χ2n) is 8.09. The van der Waals surface area contributed by atoms with E-state index in [0.29, 0.717) is 18.4 Å². The molecule has 2 heterocycles. The molecule has 1 fully saturated rings. The monoisotopic (exact) mass is 413 g/mol. The van der Waals surface area contributed by atoms with Crippen molar-refractivity contribution in [2.45, 2.75) is 50.5 Å². The number of aliphatic hydroxyl groups excluding tert-OH is 1. The summed E-state index contributed by atoms with van der Waals surface area (Å²) in [6.07, 6.45) is 3.17. The van der Waals surface area contributed by atoms with Crippen LogP contribution < -0.4 is 9.04 Å². The fraction of sp³-hybridized carbons (Fsp3) is 0.500. The Labute approximate surface area is 178 Å². The highest BCUT2D eigenvalue weighted by Gasteiger charge is 2.26. The minimum Gasteiger partial charge on any atom is -0.493 e. The molecule has 0 aromatic heterocycles. The van der Waals surface area contributed by atoms with Crippen LogP contribution in [0, 0.1) is 5.92 Å². The predicted octanol–water partition coefficient (Wildman–Crippen LogP) is 5.18. The van der Waals surface area contributed by atoms with Gasteiger partial charge < -0.3 is 18.9 Å². The molecule has 4 rings (SSSR count). The van der Waals surface area contributed by atoms with Crippen LogP contribution in [-0.4, -0.2) is 31.5 Å². The third-order valence-electron chi connectivity index (χ3n) is 5.97. The zero-order valence-corrected chi connectivity index (χ0v) is 18.2. The summed E-state index contributed by atoms with van der Waals surface area (Å²) in [5, 5.41) is 9.88. The average Bonchev–Trinajstić information content (AvgIpc) is 3.08. The smallest absolute Gasteiger partial charge is 0.124 e. The number of ether oxygens (including phenoxy) is 2. The largest absolute Gasteiger partial charge is 0.493 e. The minimum absolute atomic E-state index is 0.00956. The quantitative estimate of drug-likeness (QED) is 0.634. The fourth-order valence-corrected chi connectivity index (χ4v) is 5.24. The third kappa shape index (κ3) is 4.73. The highest BCUT2D eigenvalue weighted by Crippen LogP contribution is 2.43. The first kappa shape index (κ1) is 20.6. The Bertz CT molecular complexity index is 835. The van der Waals surface area contributed by atoms with Crippen LogP contribution >= 0.6 is 11.9 Å². The second-order valence-corrected chi connectivity index (χ2v) is 9.19. The lowest BCUT2D eigenvalue weighted by Gasteiger charge is -2.23. The van der Waals surface area contributed by atoms with Crippen molar-refractivity contribution < 1.29 is 14.6 Å². The van der Waals surface area contributed by atoms with E-state index in [-0.39, 0.29) is 6.61 Å². The van der Waals surface area contributed by atoms with Gasteiger partial charge in [0.15, 0.2) is 0 Å². The van der Waals surface area contributed by atoms with Gasteiger partial charge in [-0.2, -0.15) is 0 Å². The summed E-state index contributed by atoms with van der Waals surface area (Å²) in [7, 11) is 0. The van der Waals surface area contributed by atoms with Crippen molar-refractivity contribution in [2.24, 2.45) is 5.92 Å². The lowest BCUT2D eigenvalue weighted by atomic mass is 10.0. The van der Waals surface area contributed by atoms with Crippen LogP contribution in [0.5, 0.6) is 5.75 Å². The number of fused-ring (bicyclic) bond motifs is 1. The first-order valence-corrected chi connectivity index (χ1v) is 11.5. The van der Waals surface area contributed by atoms with Crippen LogP contribution in [-0.2, 0) is 17.8 Å². The van der Waals surface area contributed by atoms with Crippen molar-refractivity contribution in [3.63, 3.8) is 0 Å². The number of aryl methyl sites for hydroxylation is 1. The fourth-order valence-electron chi connectivity index (χ4n) is 4.10. The first-order chi connectivity index (χ1) is 14.2. The third-order valence-corrected chi connectivity index (χ3v) is 7.00. The maximum atomic E-state index is 9.88. The molecule has 1 unspecified atom stereocenters. The topological polar surface area (TPSA) is 41.9 Å². The number of aliphatic hydroxyl groups is 1. The van der Waals surface area contributed by atoms with Crippen molar-refractivity contribution in [1.29, 1.82) is 0 Å². The lowest BCUT2D eigenvalue weighted by molar-refractivity contribution is 0.0494. The Morgan fingerprint density at radius 2 is 2.00 bits per heavy atom. The molecular formula is C24H31NO3S. The van der Waals surface area contributed by atoms with Crippen LogP contribution in [0.1, 0.15) is 49.3 Å². The summed E-state index contributed by atoms with van der Waals surface area (Å²) in [5.74, 6) is 1.87. The highest BCUT2D eigenvalue weighted by molar-refractivity contribution is 8.00. The summed E-state index contributed by atoms with van der Waals surface area (Å²) < 4.78 is 13.8. The molecule has 29 heavy (non-hydrogen) atoms. The number of rotatable bonds is 7. The van der Waals surface area contributed by atoms with Gasteiger partial charge in [0.25, 0.3) is 0 Å². The van der Waals surface area contributed by atoms with E-state index >= 15 is 0 Å². The molecule has 0 aliphatic carbocycles. The van der Waals surface area contributed by atoms with E-state index in [1.165, 1.54) is 16.8 Å². The van der Waals surface area contributed by atoms with Gasteiger partial charge >= 0.3 is 0 Å². The maximum absolute atomic E-state index is 9.88. The number of benzene rings is 2. The molecule has 1 atom stereocenters. The predicted molar refractivity (Wildman–Crippen MR) is 119 cm³/mol. The molecule has 2 aliphatic heterocycles. The first-order valence-electron chi connectivity index (χ1n) is 10.7. The van der Waals surface area contributed by atoms with E-state index in [9.17, 15) is 5.11 Å². The van der Waals surface area contributed by atoms with Crippen LogP contribution in [0.3, 0.4) is 0 Å². The van der Waals surface area contributed by atoms with Crippen molar-refractivity contribution in [3.05, 3.63) is 53.1 Å². The van der Waals surface area contributed by atoms with Gasteiger partial charge in [0.2, 0.25) is 0 Å². The Balaban J connectivity index is 1.44. The molecule has 0 amide bonds. The SMILES string of the molecule is CCc1ccc2c(c1)C(C)CN2Sc1ccc(OCC2CCOCC2)c(CO)c1. The summed E-state index contributed by atoms with van der Waals surface area (Å²) >= 11 is 1.75. The van der Waals surface area contributed by atoms with E-state index in [2.05, 4.69) is 48.5 Å². The zero-order chi connectivity index (χ0) is 20.2. The molecule has 1 saturated heterocycles. The highest BCUT2D eigenvalue weighted by atomic mass is 32.2. The molecule has 5 heteroatoms. The number of hydrogen-bond acceptors (Lipinski definition) is 5. The Hall–Kier alpha value is -1.69. The van der Waals surface area contributed by atoms with Crippen LogP contribution in [0.25, 0.3) is 0 Å². The molecule has 0 spiro atoms. The molecule has 2 aromatic rings. The molecule has 2 aromatic carbocycles. The summed E-state index contributed by atoms with van der Waals surface area (Å²) in [6, 6.07) is 13.0. The summed E-state index contributed by atoms with van der Waals surface area (Å²) in [6.45, 7) is 7.84. The molecule has 156 valence electrons. The van der Waals surface area contributed by atoms with E-state index in [0.717, 1.165) is 55.2 Å². The average molecular weight is 414 g/mol. The number of anilines is 1. The zero-order valence-electron chi connectivity index (χ0n) is 17.4. The van der Waals surface area contributed by atoms with E-state index in [1.54, 1.807) is 11.9 Å². The van der Waals surface area contributed by atoms with E-state index < -0.39 is 0 Å². The van der Waals surface area contributed by atoms with Crippen LogP contribution in [0.2, 0.25) is 0 Å². The van der Waals surface area contributed by atoms with Crippen molar-refractivity contribution in [3.8, 4) is 5.75 Å².